The van der Waals surface area contributed by atoms with Crippen LogP contribution in [0.1, 0.15) is 23.4 Å². The number of aliphatic hydroxyl groups excluding tert-OH is 1. The summed E-state index contributed by atoms with van der Waals surface area (Å²) >= 11 is 0. The van der Waals surface area contributed by atoms with Crippen molar-refractivity contribution in [2.45, 2.75) is 13.3 Å². The Hall–Kier alpha value is -4.57. The van der Waals surface area contributed by atoms with Crippen LogP contribution in [-0.2, 0) is 0 Å². The van der Waals surface area contributed by atoms with E-state index in [1.807, 2.05) is 0 Å². The van der Waals surface area contributed by atoms with Gasteiger partial charge in [0, 0.05) is 54.5 Å². The number of nitrogens with zero attached hydrogens (tertiary/aromatic N) is 8. The van der Waals surface area contributed by atoms with E-state index in [1.165, 1.54) is 23.0 Å². The van der Waals surface area contributed by atoms with Gasteiger partial charge >= 0.3 is 0 Å². The van der Waals surface area contributed by atoms with Gasteiger partial charge in [0.25, 0.3) is 6.43 Å². The molecule has 13 heteroatoms. The Balaban J connectivity index is 1.68. The lowest BCUT2D eigenvalue weighted by atomic mass is 9.95. The number of halogens is 4. The van der Waals surface area contributed by atoms with Crippen LogP contribution in [0.15, 0.2) is 36.8 Å². The lowest BCUT2D eigenvalue weighted by Gasteiger charge is -2.41. The lowest BCUT2D eigenvalue weighted by molar-refractivity contribution is 0.145. The average Bonchev–Trinajstić information content (AvgIpc) is 3.52. The van der Waals surface area contributed by atoms with Crippen LogP contribution in [0.2, 0.25) is 0 Å². The molecule has 5 aromatic rings. The summed E-state index contributed by atoms with van der Waals surface area (Å²) in [4.78, 5) is 10.1. The number of aliphatic hydroxyl groups is 1. The molecule has 5 heterocycles. The van der Waals surface area contributed by atoms with Crippen molar-refractivity contribution >= 4 is 22.4 Å². The molecule has 1 aliphatic rings. The Labute approximate surface area is 212 Å². The first kappa shape index (κ1) is 23.8. The molecular weight excluding hydrogens is 504 g/mol. The van der Waals surface area contributed by atoms with E-state index in [2.05, 4.69) is 20.2 Å². The summed E-state index contributed by atoms with van der Waals surface area (Å²) in [5.41, 5.74) is -0.864. The first-order chi connectivity index (χ1) is 18.3. The van der Waals surface area contributed by atoms with E-state index in [9.17, 15) is 19.1 Å². The third kappa shape index (κ3) is 3.41. The van der Waals surface area contributed by atoms with E-state index in [1.54, 1.807) is 30.2 Å². The number of benzene rings is 1. The molecule has 1 aromatic carbocycles. The number of aryl methyl sites for hydroxylation is 1. The maximum absolute atomic E-state index is 15.6. The molecule has 0 unspecified atom stereocenters. The Kier molecular flexibility index (Phi) is 5.50. The van der Waals surface area contributed by atoms with Gasteiger partial charge in [0.2, 0.25) is 0 Å². The number of fused-ring (bicyclic) bond motifs is 2. The maximum atomic E-state index is 15.6. The van der Waals surface area contributed by atoms with E-state index >= 15 is 8.78 Å². The van der Waals surface area contributed by atoms with Gasteiger partial charge in [-0.3, -0.25) is 0 Å². The zero-order valence-corrected chi connectivity index (χ0v) is 19.8. The molecule has 38 heavy (non-hydrogen) atoms. The highest BCUT2D eigenvalue weighted by atomic mass is 19.3. The Morgan fingerprint density at radius 1 is 1.21 bits per heavy atom. The fraction of sp³-hybridized carbons (Fsp3) is 0.240. The number of anilines is 1. The number of nitriles is 1. The molecule has 0 atom stereocenters. The van der Waals surface area contributed by atoms with Crippen molar-refractivity contribution in [3.05, 3.63) is 65.4 Å². The highest BCUT2D eigenvalue weighted by Crippen LogP contribution is 2.42. The van der Waals surface area contributed by atoms with Gasteiger partial charge in [-0.15, -0.1) is 0 Å². The summed E-state index contributed by atoms with van der Waals surface area (Å²) in [7, 11) is 0. The van der Waals surface area contributed by atoms with Gasteiger partial charge in [0.05, 0.1) is 11.9 Å². The fourth-order valence-corrected chi connectivity index (χ4v) is 4.90. The molecule has 0 amide bonds. The minimum absolute atomic E-state index is 0.0390. The predicted molar refractivity (Wildman–Crippen MR) is 128 cm³/mol. The Bertz CT molecular complexity index is 1750. The summed E-state index contributed by atoms with van der Waals surface area (Å²) in [6, 6.07) is 6.33. The molecule has 6 rings (SSSR count). The van der Waals surface area contributed by atoms with Crippen LogP contribution in [0, 0.1) is 35.8 Å². The van der Waals surface area contributed by atoms with Gasteiger partial charge < -0.3 is 10.0 Å². The molecule has 0 saturated carbocycles. The summed E-state index contributed by atoms with van der Waals surface area (Å²) in [6.45, 7) is 2.11. The molecule has 9 nitrogen and oxygen atoms in total. The van der Waals surface area contributed by atoms with Crippen LogP contribution >= 0.6 is 0 Å². The van der Waals surface area contributed by atoms with E-state index in [4.69, 9.17) is 0 Å². The van der Waals surface area contributed by atoms with Crippen molar-refractivity contribution in [2.24, 2.45) is 5.92 Å². The van der Waals surface area contributed by atoms with Crippen molar-refractivity contribution < 1.29 is 22.7 Å². The van der Waals surface area contributed by atoms with Crippen molar-refractivity contribution in [3.8, 4) is 22.9 Å². The summed E-state index contributed by atoms with van der Waals surface area (Å²) in [5, 5.41) is 27.3. The minimum Gasteiger partial charge on any atom is -0.396 e. The maximum Gasteiger partial charge on any atom is 0.283 e. The third-order valence-electron chi connectivity index (χ3n) is 6.69. The first-order valence-corrected chi connectivity index (χ1v) is 11.6. The monoisotopic (exact) mass is 522 g/mol. The molecule has 0 radical (unpaired) electrons. The molecule has 0 spiro atoms. The van der Waals surface area contributed by atoms with Crippen LogP contribution in [0.4, 0.5) is 23.4 Å². The second-order valence-electron chi connectivity index (χ2n) is 8.98. The zero-order valence-electron chi connectivity index (χ0n) is 19.8. The van der Waals surface area contributed by atoms with Gasteiger partial charge in [0.15, 0.2) is 11.5 Å². The number of rotatable bonds is 5. The van der Waals surface area contributed by atoms with Crippen LogP contribution in [0.3, 0.4) is 0 Å². The molecule has 192 valence electrons. The summed E-state index contributed by atoms with van der Waals surface area (Å²) in [5.74, 6) is -1.39. The van der Waals surface area contributed by atoms with Gasteiger partial charge in [-0.05, 0) is 25.1 Å². The number of aromatic nitrogens is 6. The molecule has 1 saturated heterocycles. The molecular formula is C25H18F4N8O. The van der Waals surface area contributed by atoms with E-state index in [-0.39, 0.29) is 63.0 Å². The lowest BCUT2D eigenvalue weighted by Crippen LogP contribution is -2.49. The van der Waals surface area contributed by atoms with Gasteiger partial charge in [-0.25, -0.2) is 32.2 Å². The Morgan fingerprint density at radius 2 is 2.00 bits per heavy atom. The average molecular weight is 522 g/mol. The van der Waals surface area contributed by atoms with E-state index < -0.39 is 23.8 Å². The Morgan fingerprint density at radius 3 is 2.66 bits per heavy atom. The molecule has 1 aliphatic heterocycles. The van der Waals surface area contributed by atoms with Crippen molar-refractivity contribution in [1.82, 2.24) is 29.4 Å². The number of hydrogen-bond donors (Lipinski definition) is 1. The van der Waals surface area contributed by atoms with Crippen LogP contribution < -0.4 is 4.90 Å². The highest BCUT2D eigenvalue weighted by Gasteiger charge is 2.35. The summed E-state index contributed by atoms with van der Waals surface area (Å²) < 4.78 is 61.2. The van der Waals surface area contributed by atoms with Crippen molar-refractivity contribution in [3.63, 3.8) is 0 Å². The predicted octanol–water partition coefficient (Wildman–Crippen LogP) is 3.95. The summed E-state index contributed by atoms with van der Waals surface area (Å²) in [6.07, 6.45) is 0.894. The number of pyridine rings is 1. The molecule has 4 aromatic heterocycles. The number of hydrogen-bond acceptors (Lipinski definition) is 7. The molecule has 1 N–H and O–H groups in total. The quantitative estimate of drug-likeness (QED) is 0.348. The largest absolute Gasteiger partial charge is 0.396 e. The van der Waals surface area contributed by atoms with E-state index in [0.717, 1.165) is 10.7 Å². The topological polar surface area (TPSA) is 108 Å². The highest BCUT2D eigenvalue weighted by molar-refractivity contribution is 5.99. The minimum atomic E-state index is -3.04. The van der Waals surface area contributed by atoms with Crippen LogP contribution in [0.25, 0.3) is 33.4 Å². The fourth-order valence-electron chi connectivity index (χ4n) is 4.90. The SMILES string of the molecule is Cc1nc2c(C#N)c(C(F)F)nn2c(N2CC(CO)C2)c1-c1c(F)cnc2c(F)c(-n3cccn3)ccc12. The third-order valence-corrected chi connectivity index (χ3v) is 6.69. The van der Waals surface area contributed by atoms with Gasteiger partial charge in [0.1, 0.15) is 40.2 Å². The van der Waals surface area contributed by atoms with Crippen LogP contribution in [0.5, 0.6) is 0 Å². The van der Waals surface area contributed by atoms with Crippen LogP contribution in [-0.4, -0.2) is 54.2 Å². The normalized spacial score (nSPS) is 14.0. The first-order valence-electron chi connectivity index (χ1n) is 11.6. The molecule has 0 aliphatic carbocycles. The van der Waals surface area contributed by atoms with Crippen molar-refractivity contribution in [2.75, 3.05) is 24.6 Å². The smallest absolute Gasteiger partial charge is 0.283 e. The molecule has 0 bridgehead atoms. The second-order valence-corrected chi connectivity index (χ2v) is 8.98. The standard InChI is InChI=1S/C25H18F4N8O/c1-12-18(19-14-3-4-17(36-6-2-5-32-36)20(27)21(14)31-8-16(19)26)25(35-9-13(10-35)11-38)37-24(33-12)15(7-30)22(34-37)23(28)29/h2-6,8,13,23,38H,9-11H2,1H3. The van der Waals surface area contributed by atoms with Gasteiger partial charge in [-0.2, -0.15) is 20.0 Å². The second kappa shape index (κ2) is 8.77. The van der Waals surface area contributed by atoms with E-state index in [0.29, 0.717) is 13.1 Å². The van der Waals surface area contributed by atoms with Gasteiger partial charge in [-0.1, -0.05) is 0 Å². The number of alkyl halides is 2. The zero-order chi connectivity index (χ0) is 26.7. The molecule has 1 fully saturated rings. The van der Waals surface area contributed by atoms with Crippen molar-refractivity contribution in [1.29, 1.82) is 5.26 Å².